The fourth-order valence-electron chi connectivity index (χ4n) is 1.57. The number of rotatable bonds is 1. The third-order valence-corrected chi connectivity index (χ3v) is 2.30. The maximum absolute atomic E-state index is 11.4. The highest BCUT2D eigenvalue weighted by Crippen LogP contribution is 2.25. The fourth-order valence-corrected chi connectivity index (χ4v) is 1.57. The largest absolute Gasteiger partial charge is 0.397 e. The Morgan fingerprint density at radius 2 is 2.33 bits per heavy atom. The first-order valence-electron chi connectivity index (χ1n) is 4.57. The van der Waals surface area contributed by atoms with Crippen molar-refractivity contribution in [2.75, 3.05) is 23.7 Å². The molecule has 0 spiro atoms. The summed E-state index contributed by atoms with van der Waals surface area (Å²) in [7, 11) is 0. The molecule has 15 heavy (non-hydrogen) atoms. The van der Waals surface area contributed by atoms with Crippen LogP contribution < -0.4 is 16.0 Å². The SMILES string of the molecule is N#Cc1ccc(N2CCNC2=O)c(N)c1. The first-order chi connectivity index (χ1) is 7.22. The van der Waals surface area contributed by atoms with Crippen molar-refractivity contribution in [3.8, 4) is 6.07 Å². The van der Waals surface area contributed by atoms with Crippen molar-refractivity contribution in [2.45, 2.75) is 0 Å². The molecule has 1 saturated heterocycles. The molecule has 1 fully saturated rings. The standard InChI is InChI=1S/C10H10N4O/c11-6-7-1-2-9(8(12)5-7)14-4-3-13-10(14)15/h1-2,5H,3-4,12H2,(H,13,15). The fraction of sp³-hybridized carbons (Fsp3) is 0.200. The molecule has 1 aromatic carbocycles. The van der Waals surface area contributed by atoms with Gasteiger partial charge in [0.05, 0.1) is 23.0 Å². The number of anilines is 2. The van der Waals surface area contributed by atoms with Gasteiger partial charge in [0.1, 0.15) is 0 Å². The smallest absolute Gasteiger partial charge is 0.322 e. The number of nitrogens with zero attached hydrogens (tertiary/aromatic N) is 2. The number of hydrogen-bond donors (Lipinski definition) is 2. The summed E-state index contributed by atoms with van der Waals surface area (Å²) in [5.74, 6) is 0. The number of carbonyl (C=O) groups excluding carboxylic acids is 1. The average Bonchev–Trinajstić information content (AvgIpc) is 2.64. The molecule has 0 aromatic heterocycles. The number of urea groups is 1. The maximum atomic E-state index is 11.4. The Labute approximate surface area is 87.1 Å². The third kappa shape index (κ3) is 1.57. The van der Waals surface area contributed by atoms with Crippen molar-refractivity contribution in [2.24, 2.45) is 0 Å². The van der Waals surface area contributed by atoms with Gasteiger partial charge >= 0.3 is 6.03 Å². The minimum absolute atomic E-state index is 0.147. The molecule has 0 aliphatic carbocycles. The van der Waals surface area contributed by atoms with E-state index in [0.717, 1.165) is 0 Å². The van der Waals surface area contributed by atoms with E-state index in [1.807, 2.05) is 6.07 Å². The zero-order valence-electron chi connectivity index (χ0n) is 8.03. The molecule has 2 rings (SSSR count). The van der Waals surface area contributed by atoms with Gasteiger partial charge in [-0.15, -0.1) is 0 Å². The van der Waals surface area contributed by atoms with Gasteiger partial charge in [-0.05, 0) is 18.2 Å². The van der Waals surface area contributed by atoms with E-state index in [0.29, 0.717) is 30.0 Å². The monoisotopic (exact) mass is 202 g/mol. The first-order valence-corrected chi connectivity index (χ1v) is 4.57. The number of nitrogens with one attached hydrogen (secondary N) is 1. The maximum Gasteiger partial charge on any atom is 0.322 e. The molecule has 5 nitrogen and oxygen atoms in total. The number of amides is 2. The zero-order valence-corrected chi connectivity index (χ0v) is 8.03. The zero-order chi connectivity index (χ0) is 10.8. The van der Waals surface area contributed by atoms with Crippen molar-refractivity contribution in [1.82, 2.24) is 5.32 Å². The van der Waals surface area contributed by atoms with E-state index in [-0.39, 0.29) is 6.03 Å². The van der Waals surface area contributed by atoms with E-state index in [9.17, 15) is 4.79 Å². The van der Waals surface area contributed by atoms with Crippen LogP contribution in [-0.4, -0.2) is 19.1 Å². The van der Waals surface area contributed by atoms with Crippen molar-refractivity contribution in [1.29, 1.82) is 5.26 Å². The van der Waals surface area contributed by atoms with Gasteiger partial charge in [-0.3, -0.25) is 4.90 Å². The van der Waals surface area contributed by atoms with Crippen LogP contribution in [0.2, 0.25) is 0 Å². The van der Waals surface area contributed by atoms with Gasteiger partial charge in [0, 0.05) is 13.1 Å². The Kier molecular flexibility index (Phi) is 2.18. The summed E-state index contributed by atoms with van der Waals surface area (Å²) in [5, 5.41) is 11.4. The second-order valence-corrected chi connectivity index (χ2v) is 3.27. The minimum atomic E-state index is -0.147. The number of hydrogen-bond acceptors (Lipinski definition) is 3. The number of benzene rings is 1. The van der Waals surface area contributed by atoms with Gasteiger partial charge in [0.15, 0.2) is 0 Å². The van der Waals surface area contributed by atoms with Crippen LogP contribution in [0, 0.1) is 11.3 Å². The molecular weight excluding hydrogens is 192 g/mol. The molecule has 2 amide bonds. The van der Waals surface area contributed by atoms with E-state index >= 15 is 0 Å². The summed E-state index contributed by atoms with van der Waals surface area (Å²) in [4.78, 5) is 12.9. The van der Waals surface area contributed by atoms with E-state index in [1.165, 1.54) is 0 Å². The van der Waals surface area contributed by atoms with Crippen LogP contribution in [0.4, 0.5) is 16.2 Å². The minimum Gasteiger partial charge on any atom is -0.397 e. The van der Waals surface area contributed by atoms with E-state index in [1.54, 1.807) is 23.1 Å². The molecule has 3 N–H and O–H groups in total. The van der Waals surface area contributed by atoms with Crippen LogP contribution in [-0.2, 0) is 0 Å². The Hall–Kier alpha value is -2.22. The molecule has 1 heterocycles. The molecule has 5 heteroatoms. The highest BCUT2D eigenvalue weighted by Gasteiger charge is 2.22. The van der Waals surface area contributed by atoms with Crippen LogP contribution >= 0.6 is 0 Å². The van der Waals surface area contributed by atoms with Crippen LogP contribution in [0.3, 0.4) is 0 Å². The third-order valence-electron chi connectivity index (χ3n) is 2.30. The lowest BCUT2D eigenvalue weighted by molar-refractivity contribution is 0.252. The molecule has 0 saturated carbocycles. The lowest BCUT2D eigenvalue weighted by atomic mass is 10.2. The number of nitriles is 1. The van der Waals surface area contributed by atoms with Crippen molar-refractivity contribution in [3.63, 3.8) is 0 Å². The van der Waals surface area contributed by atoms with Gasteiger partial charge in [0.25, 0.3) is 0 Å². The quantitative estimate of drug-likeness (QED) is 0.656. The predicted octanol–water partition coefficient (Wildman–Crippen LogP) is 0.670. The normalized spacial score (nSPS) is 14.9. The van der Waals surface area contributed by atoms with Gasteiger partial charge in [-0.25, -0.2) is 4.79 Å². The lowest BCUT2D eigenvalue weighted by Gasteiger charge is -2.16. The highest BCUT2D eigenvalue weighted by atomic mass is 16.2. The van der Waals surface area contributed by atoms with Gasteiger partial charge in [0.2, 0.25) is 0 Å². The molecular formula is C10H10N4O. The Bertz CT molecular complexity index is 449. The molecule has 1 aliphatic heterocycles. The summed E-state index contributed by atoms with van der Waals surface area (Å²) in [6, 6.07) is 6.76. The van der Waals surface area contributed by atoms with Crippen LogP contribution in [0.25, 0.3) is 0 Å². The number of nitrogens with two attached hydrogens (primary N) is 1. The van der Waals surface area contributed by atoms with Gasteiger partial charge in [-0.1, -0.05) is 0 Å². The summed E-state index contributed by atoms with van der Waals surface area (Å²) in [5.41, 5.74) is 7.37. The molecule has 0 radical (unpaired) electrons. The van der Waals surface area contributed by atoms with Crippen molar-refractivity contribution >= 4 is 17.4 Å². The molecule has 1 aliphatic rings. The molecule has 0 unspecified atom stereocenters. The van der Waals surface area contributed by atoms with Crippen LogP contribution in [0.15, 0.2) is 18.2 Å². The van der Waals surface area contributed by atoms with Crippen molar-refractivity contribution in [3.05, 3.63) is 23.8 Å². The highest BCUT2D eigenvalue weighted by molar-refractivity contribution is 5.97. The van der Waals surface area contributed by atoms with Gasteiger partial charge in [-0.2, -0.15) is 5.26 Å². The van der Waals surface area contributed by atoms with Crippen LogP contribution in [0.1, 0.15) is 5.56 Å². The van der Waals surface area contributed by atoms with Crippen LogP contribution in [0.5, 0.6) is 0 Å². The topological polar surface area (TPSA) is 82.2 Å². The summed E-state index contributed by atoms with van der Waals surface area (Å²) < 4.78 is 0. The summed E-state index contributed by atoms with van der Waals surface area (Å²) >= 11 is 0. The summed E-state index contributed by atoms with van der Waals surface area (Å²) in [6.07, 6.45) is 0. The number of nitrogen functional groups attached to an aromatic ring is 1. The van der Waals surface area contributed by atoms with Crippen molar-refractivity contribution < 1.29 is 4.79 Å². The Morgan fingerprint density at radius 3 is 2.87 bits per heavy atom. The van der Waals surface area contributed by atoms with E-state index in [2.05, 4.69) is 5.32 Å². The first kappa shape index (κ1) is 9.34. The Balaban J connectivity index is 2.37. The second kappa shape index (κ2) is 3.50. The number of carbonyl (C=O) groups is 1. The lowest BCUT2D eigenvalue weighted by Crippen LogP contribution is -2.28. The molecule has 1 aromatic rings. The van der Waals surface area contributed by atoms with E-state index < -0.39 is 0 Å². The van der Waals surface area contributed by atoms with Gasteiger partial charge < -0.3 is 11.1 Å². The molecule has 0 bridgehead atoms. The molecule has 0 atom stereocenters. The second-order valence-electron chi connectivity index (χ2n) is 3.27. The predicted molar refractivity (Wildman–Crippen MR) is 56.3 cm³/mol. The molecule has 76 valence electrons. The summed E-state index contributed by atoms with van der Waals surface area (Å²) in [6.45, 7) is 1.23. The Morgan fingerprint density at radius 1 is 1.53 bits per heavy atom. The van der Waals surface area contributed by atoms with E-state index in [4.69, 9.17) is 11.0 Å². The average molecular weight is 202 g/mol.